The molecule has 2 aromatic carbocycles. The summed E-state index contributed by atoms with van der Waals surface area (Å²) >= 11 is 3.41. The highest BCUT2D eigenvalue weighted by Gasteiger charge is 2.16. The number of fused-ring (bicyclic) bond motifs is 1. The third-order valence-electron chi connectivity index (χ3n) is 3.95. The highest BCUT2D eigenvalue weighted by Crippen LogP contribution is 2.14. The molecule has 1 aromatic heterocycles. The minimum absolute atomic E-state index is 0.174. The number of benzene rings is 2. The van der Waals surface area contributed by atoms with E-state index in [1.807, 2.05) is 24.3 Å². The smallest absolute Gasteiger partial charge is 0.267 e. The third kappa shape index (κ3) is 3.57. The quantitative estimate of drug-likeness (QED) is 0.527. The molecule has 1 amide bonds. The van der Waals surface area contributed by atoms with Crippen LogP contribution in [0.2, 0.25) is 0 Å². The molecular formula is C19H17BrN4O2. The Morgan fingerprint density at radius 2 is 1.92 bits per heavy atom. The van der Waals surface area contributed by atoms with Gasteiger partial charge in [0.25, 0.3) is 11.5 Å². The number of hydrogen-bond donors (Lipinski definition) is 1. The molecule has 26 heavy (non-hydrogen) atoms. The second-order valence-corrected chi connectivity index (χ2v) is 6.58. The van der Waals surface area contributed by atoms with Crippen molar-refractivity contribution >= 4 is 38.3 Å². The Labute approximate surface area is 158 Å². The number of carbonyl (C=O) groups excluding carboxylic acids is 1. The van der Waals surface area contributed by atoms with Crippen molar-refractivity contribution < 1.29 is 4.79 Å². The van der Waals surface area contributed by atoms with Crippen LogP contribution in [0.5, 0.6) is 0 Å². The van der Waals surface area contributed by atoms with Crippen molar-refractivity contribution in [3.05, 3.63) is 74.6 Å². The molecule has 0 aliphatic heterocycles. The monoisotopic (exact) mass is 412 g/mol. The lowest BCUT2D eigenvalue weighted by atomic mass is 10.1. The Kier molecular flexibility index (Phi) is 5.27. The first kappa shape index (κ1) is 18.0. The van der Waals surface area contributed by atoms with Crippen molar-refractivity contribution in [2.24, 2.45) is 5.10 Å². The van der Waals surface area contributed by atoms with Crippen LogP contribution in [0.25, 0.3) is 10.8 Å². The summed E-state index contributed by atoms with van der Waals surface area (Å²) in [6.45, 7) is 3.99. The molecule has 0 unspecified atom stereocenters. The van der Waals surface area contributed by atoms with Crippen molar-refractivity contribution in [2.45, 2.75) is 20.4 Å². The summed E-state index contributed by atoms with van der Waals surface area (Å²) in [5.74, 6) is -0.460. The Morgan fingerprint density at radius 3 is 2.62 bits per heavy atom. The van der Waals surface area contributed by atoms with Gasteiger partial charge in [-0.3, -0.25) is 9.59 Å². The first-order chi connectivity index (χ1) is 12.5. The summed E-state index contributed by atoms with van der Waals surface area (Å²) in [7, 11) is 0. The first-order valence-electron chi connectivity index (χ1n) is 8.11. The van der Waals surface area contributed by atoms with E-state index in [2.05, 4.69) is 31.6 Å². The van der Waals surface area contributed by atoms with Crippen molar-refractivity contribution in [3.8, 4) is 0 Å². The molecule has 3 rings (SSSR count). The molecule has 1 N–H and O–H groups in total. The Balaban J connectivity index is 1.97. The largest absolute Gasteiger partial charge is 0.292 e. The number of amides is 1. The molecule has 0 aliphatic rings. The van der Waals surface area contributed by atoms with Gasteiger partial charge >= 0.3 is 0 Å². The van der Waals surface area contributed by atoms with Gasteiger partial charge in [0.15, 0.2) is 5.69 Å². The topological polar surface area (TPSA) is 76.3 Å². The van der Waals surface area contributed by atoms with E-state index in [0.29, 0.717) is 23.0 Å². The molecule has 0 radical (unpaired) electrons. The van der Waals surface area contributed by atoms with Crippen LogP contribution in [0, 0.1) is 0 Å². The van der Waals surface area contributed by atoms with Crippen LogP contribution >= 0.6 is 15.9 Å². The zero-order chi connectivity index (χ0) is 18.7. The maximum absolute atomic E-state index is 12.6. The summed E-state index contributed by atoms with van der Waals surface area (Å²) in [6.07, 6.45) is 0. The van der Waals surface area contributed by atoms with E-state index in [1.165, 1.54) is 4.68 Å². The predicted octanol–water partition coefficient (Wildman–Crippen LogP) is 3.33. The number of aromatic nitrogens is 2. The van der Waals surface area contributed by atoms with Crippen molar-refractivity contribution in [1.82, 2.24) is 15.2 Å². The molecule has 7 heteroatoms. The van der Waals surface area contributed by atoms with Crippen molar-refractivity contribution in [3.63, 3.8) is 0 Å². The Hall–Kier alpha value is -2.80. The van der Waals surface area contributed by atoms with E-state index in [9.17, 15) is 9.59 Å². The van der Waals surface area contributed by atoms with Crippen LogP contribution in [0.4, 0.5) is 0 Å². The molecule has 6 nitrogen and oxygen atoms in total. The molecule has 0 saturated carbocycles. The molecule has 0 spiro atoms. The number of halogens is 1. The van der Waals surface area contributed by atoms with Crippen LogP contribution in [-0.4, -0.2) is 21.4 Å². The van der Waals surface area contributed by atoms with E-state index >= 15 is 0 Å². The zero-order valence-corrected chi connectivity index (χ0v) is 15.9. The molecule has 0 aliphatic carbocycles. The van der Waals surface area contributed by atoms with Crippen LogP contribution in [0.3, 0.4) is 0 Å². The van der Waals surface area contributed by atoms with Gasteiger partial charge < -0.3 is 0 Å². The molecule has 0 atom stereocenters. The Morgan fingerprint density at radius 1 is 1.19 bits per heavy atom. The number of carbonyl (C=O) groups is 1. The van der Waals surface area contributed by atoms with Crippen LogP contribution in [0.1, 0.15) is 29.9 Å². The van der Waals surface area contributed by atoms with Gasteiger partial charge in [-0.05, 0) is 37.6 Å². The molecule has 0 bridgehead atoms. The molecule has 0 saturated heterocycles. The minimum Gasteiger partial charge on any atom is -0.267 e. The van der Waals surface area contributed by atoms with Gasteiger partial charge in [-0.2, -0.15) is 10.2 Å². The van der Waals surface area contributed by atoms with E-state index in [4.69, 9.17) is 0 Å². The number of nitrogens with zero attached hydrogens (tertiary/aromatic N) is 3. The summed E-state index contributed by atoms with van der Waals surface area (Å²) in [5, 5.41) is 9.33. The highest BCUT2D eigenvalue weighted by molar-refractivity contribution is 9.10. The van der Waals surface area contributed by atoms with Gasteiger partial charge in [-0.25, -0.2) is 10.1 Å². The van der Waals surface area contributed by atoms with Crippen LogP contribution < -0.4 is 11.0 Å². The van der Waals surface area contributed by atoms with E-state index in [-0.39, 0.29) is 11.3 Å². The summed E-state index contributed by atoms with van der Waals surface area (Å²) in [6, 6.07) is 14.6. The molecular weight excluding hydrogens is 396 g/mol. The SMILES string of the molecule is CCn1nc(C(=O)N/N=C(/C)c2cccc(Br)c2)c2ccccc2c1=O. The lowest BCUT2D eigenvalue weighted by Crippen LogP contribution is -2.28. The van der Waals surface area contributed by atoms with Crippen LogP contribution in [0.15, 0.2) is 62.9 Å². The number of nitrogens with one attached hydrogen (secondary N) is 1. The molecule has 132 valence electrons. The fourth-order valence-corrected chi connectivity index (χ4v) is 2.98. The molecule has 0 fully saturated rings. The van der Waals surface area contributed by atoms with Gasteiger partial charge in [0, 0.05) is 16.4 Å². The average molecular weight is 413 g/mol. The summed E-state index contributed by atoms with van der Waals surface area (Å²) in [4.78, 5) is 25.0. The highest BCUT2D eigenvalue weighted by atomic mass is 79.9. The molecule has 1 heterocycles. The maximum atomic E-state index is 12.6. The van der Waals surface area contributed by atoms with Crippen molar-refractivity contribution in [2.75, 3.05) is 0 Å². The standard InChI is InChI=1S/C19H17BrN4O2/c1-3-24-19(26)16-10-5-4-9-15(16)17(23-24)18(25)22-21-12(2)13-7-6-8-14(20)11-13/h4-11H,3H2,1-2H3,(H,22,25)/b21-12-. The Bertz CT molecular complexity index is 1070. The fourth-order valence-electron chi connectivity index (χ4n) is 2.58. The minimum atomic E-state index is -0.460. The van der Waals surface area contributed by atoms with Gasteiger partial charge in [-0.1, -0.05) is 46.3 Å². The number of hydrazone groups is 1. The predicted molar refractivity (Wildman–Crippen MR) is 105 cm³/mol. The van der Waals surface area contributed by atoms with Gasteiger partial charge in [-0.15, -0.1) is 0 Å². The molecule has 3 aromatic rings. The van der Waals surface area contributed by atoms with E-state index in [1.54, 1.807) is 38.1 Å². The lowest BCUT2D eigenvalue weighted by Gasteiger charge is -2.09. The van der Waals surface area contributed by atoms with Crippen LogP contribution in [-0.2, 0) is 6.54 Å². The number of rotatable bonds is 4. The summed E-state index contributed by atoms with van der Waals surface area (Å²) in [5.41, 5.74) is 4.04. The zero-order valence-electron chi connectivity index (χ0n) is 14.4. The first-order valence-corrected chi connectivity index (χ1v) is 8.91. The maximum Gasteiger partial charge on any atom is 0.292 e. The normalized spacial score (nSPS) is 11.6. The second-order valence-electron chi connectivity index (χ2n) is 5.66. The lowest BCUT2D eigenvalue weighted by molar-refractivity contribution is 0.0949. The summed E-state index contributed by atoms with van der Waals surface area (Å²) < 4.78 is 2.21. The fraction of sp³-hybridized carbons (Fsp3) is 0.158. The van der Waals surface area contributed by atoms with E-state index in [0.717, 1.165) is 10.0 Å². The number of hydrogen-bond acceptors (Lipinski definition) is 4. The third-order valence-corrected chi connectivity index (χ3v) is 4.44. The van der Waals surface area contributed by atoms with Gasteiger partial charge in [0.1, 0.15) is 0 Å². The van der Waals surface area contributed by atoms with Gasteiger partial charge in [0.05, 0.1) is 11.1 Å². The van der Waals surface area contributed by atoms with E-state index < -0.39 is 5.91 Å². The van der Waals surface area contributed by atoms with Gasteiger partial charge in [0.2, 0.25) is 0 Å². The van der Waals surface area contributed by atoms with Crippen molar-refractivity contribution in [1.29, 1.82) is 0 Å². The number of aryl methyl sites for hydroxylation is 1. The second kappa shape index (κ2) is 7.61. The average Bonchev–Trinajstić information content (AvgIpc) is 2.66.